The van der Waals surface area contributed by atoms with Crippen LogP contribution < -0.4 is 0 Å². The summed E-state index contributed by atoms with van der Waals surface area (Å²) in [6, 6.07) is 20.1. The van der Waals surface area contributed by atoms with Crippen LogP contribution in [0.1, 0.15) is 31.4 Å². The SMILES string of the molecule is C[C@H]1C[C@H](C)CN(C(=O)/C(=C\c2ccccc2)c2ccccc2)C1. The second kappa shape index (κ2) is 7.48. The van der Waals surface area contributed by atoms with E-state index in [-0.39, 0.29) is 5.91 Å². The number of carbonyl (C=O) groups excluding carboxylic acids is 1. The molecule has 0 N–H and O–H groups in total. The summed E-state index contributed by atoms with van der Waals surface area (Å²) < 4.78 is 0. The highest BCUT2D eigenvalue weighted by Crippen LogP contribution is 2.26. The molecule has 1 amide bonds. The van der Waals surface area contributed by atoms with Crippen molar-refractivity contribution in [3.8, 4) is 0 Å². The maximum absolute atomic E-state index is 13.3. The van der Waals surface area contributed by atoms with Gasteiger partial charge in [-0.05, 0) is 35.5 Å². The maximum Gasteiger partial charge on any atom is 0.254 e. The Hall–Kier alpha value is -2.35. The van der Waals surface area contributed by atoms with Crippen LogP contribution in [-0.4, -0.2) is 23.9 Å². The highest BCUT2D eigenvalue weighted by molar-refractivity contribution is 6.24. The molecule has 1 heterocycles. The highest BCUT2D eigenvalue weighted by atomic mass is 16.2. The molecule has 3 rings (SSSR count). The Labute approximate surface area is 144 Å². The van der Waals surface area contributed by atoms with Crippen molar-refractivity contribution in [3.05, 3.63) is 71.8 Å². The minimum atomic E-state index is 0.142. The third-order valence-corrected chi connectivity index (χ3v) is 4.58. The molecule has 24 heavy (non-hydrogen) atoms. The van der Waals surface area contributed by atoms with Gasteiger partial charge >= 0.3 is 0 Å². The topological polar surface area (TPSA) is 20.3 Å². The van der Waals surface area contributed by atoms with Crippen molar-refractivity contribution in [1.82, 2.24) is 4.90 Å². The predicted molar refractivity (Wildman–Crippen MR) is 100 cm³/mol. The number of rotatable bonds is 3. The summed E-state index contributed by atoms with van der Waals surface area (Å²) in [5.74, 6) is 1.27. The molecule has 1 aliphatic heterocycles. The summed E-state index contributed by atoms with van der Waals surface area (Å²) in [5.41, 5.74) is 2.82. The third kappa shape index (κ3) is 3.94. The van der Waals surface area contributed by atoms with E-state index >= 15 is 0 Å². The van der Waals surface area contributed by atoms with Gasteiger partial charge in [0.15, 0.2) is 0 Å². The fraction of sp³-hybridized carbons (Fsp3) is 0.318. The van der Waals surface area contributed by atoms with Gasteiger partial charge in [-0.15, -0.1) is 0 Å². The van der Waals surface area contributed by atoms with Gasteiger partial charge in [-0.2, -0.15) is 0 Å². The highest BCUT2D eigenvalue weighted by Gasteiger charge is 2.27. The molecular weight excluding hydrogens is 294 g/mol. The Morgan fingerprint density at radius 1 is 0.917 bits per heavy atom. The minimum absolute atomic E-state index is 0.142. The van der Waals surface area contributed by atoms with E-state index in [0.717, 1.165) is 29.8 Å². The monoisotopic (exact) mass is 319 g/mol. The van der Waals surface area contributed by atoms with Gasteiger partial charge in [0.05, 0.1) is 0 Å². The molecule has 0 aromatic heterocycles. The van der Waals surface area contributed by atoms with Gasteiger partial charge in [0.1, 0.15) is 0 Å². The first kappa shape index (κ1) is 16.5. The van der Waals surface area contributed by atoms with E-state index in [9.17, 15) is 4.79 Å². The van der Waals surface area contributed by atoms with E-state index < -0.39 is 0 Å². The Morgan fingerprint density at radius 2 is 1.46 bits per heavy atom. The van der Waals surface area contributed by atoms with E-state index in [4.69, 9.17) is 0 Å². The summed E-state index contributed by atoms with van der Waals surface area (Å²) in [4.78, 5) is 15.3. The Kier molecular flexibility index (Phi) is 5.14. The predicted octanol–water partition coefficient (Wildman–Crippen LogP) is 4.73. The van der Waals surface area contributed by atoms with Crippen molar-refractivity contribution in [2.75, 3.05) is 13.1 Å². The molecule has 0 spiro atoms. The zero-order valence-corrected chi connectivity index (χ0v) is 14.5. The van der Waals surface area contributed by atoms with Crippen molar-refractivity contribution in [2.24, 2.45) is 11.8 Å². The fourth-order valence-electron chi connectivity index (χ4n) is 3.60. The summed E-state index contributed by atoms with van der Waals surface area (Å²) in [6.07, 6.45) is 3.22. The quantitative estimate of drug-likeness (QED) is 0.591. The van der Waals surface area contributed by atoms with E-state index in [1.54, 1.807) is 0 Å². The van der Waals surface area contributed by atoms with Crippen LogP contribution in [0.3, 0.4) is 0 Å². The van der Waals surface area contributed by atoms with Crippen molar-refractivity contribution in [1.29, 1.82) is 0 Å². The number of nitrogens with zero attached hydrogens (tertiary/aromatic N) is 1. The molecule has 2 aromatic rings. The first-order valence-electron chi connectivity index (χ1n) is 8.75. The molecule has 1 aliphatic rings. The molecule has 2 heteroatoms. The van der Waals surface area contributed by atoms with Gasteiger partial charge < -0.3 is 4.90 Å². The molecule has 0 saturated carbocycles. The van der Waals surface area contributed by atoms with E-state index in [1.807, 2.05) is 71.6 Å². The van der Waals surface area contributed by atoms with Crippen molar-refractivity contribution in [3.63, 3.8) is 0 Å². The summed E-state index contributed by atoms with van der Waals surface area (Å²) in [5, 5.41) is 0. The number of likely N-dealkylation sites (tertiary alicyclic amines) is 1. The number of amides is 1. The van der Waals surface area contributed by atoms with E-state index in [1.165, 1.54) is 6.42 Å². The lowest BCUT2D eigenvalue weighted by molar-refractivity contribution is -0.127. The van der Waals surface area contributed by atoms with Gasteiger partial charge in [-0.1, -0.05) is 74.5 Å². The average Bonchev–Trinajstić information content (AvgIpc) is 2.60. The van der Waals surface area contributed by atoms with Crippen LogP contribution in [0.25, 0.3) is 11.6 Å². The van der Waals surface area contributed by atoms with Gasteiger partial charge in [0, 0.05) is 18.7 Å². The van der Waals surface area contributed by atoms with Gasteiger partial charge in [-0.3, -0.25) is 4.79 Å². The van der Waals surface area contributed by atoms with Crippen molar-refractivity contribution < 1.29 is 4.79 Å². The largest absolute Gasteiger partial charge is 0.338 e. The molecule has 2 nitrogen and oxygen atoms in total. The number of hydrogen-bond donors (Lipinski definition) is 0. The Balaban J connectivity index is 1.96. The van der Waals surface area contributed by atoms with Crippen molar-refractivity contribution >= 4 is 17.6 Å². The Bertz CT molecular complexity index is 695. The standard InChI is InChI=1S/C22H25NO/c1-17-13-18(2)16-23(15-17)22(24)21(20-11-7-4-8-12-20)14-19-9-5-3-6-10-19/h3-12,14,17-18H,13,15-16H2,1-2H3/b21-14-/t17-,18-/m0/s1. The van der Waals surface area contributed by atoms with Gasteiger partial charge in [0.25, 0.3) is 5.91 Å². The number of carbonyl (C=O) groups is 1. The number of benzene rings is 2. The molecule has 0 radical (unpaired) electrons. The number of piperidine rings is 1. The van der Waals surface area contributed by atoms with Crippen LogP contribution in [0.2, 0.25) is 0 Å². The lowest BCUT2D eigenvalue weighted by atomic mass is 9.90. The van der Waals surface area contributed by atoms with Crippen molar-refractivity contribution in [2.45, 2.75) is 20.3 Å². The first-order chi connectivity index (χ1) is 11.6. The van der Waals surface area contributed by atoms with Crippen LogP contribution >= 0.6 is 0 Å². The molecule has 1 fully saturated rings. The maximum atomic E-state index is 13.3. The average molecular weight is 319 g/mol. The second-order valence-corrected chi connectivity index (χ2v) is 6.99. The van der Waals surface area contributed by atoms with E-state index in [0.29, 0.717) is 11.8 Å². The van der Waals surface area contributed by atoms with E-state index in [2.05, 4.69) is 13.8 Å². The van der Waals surface area contributed by atoms with Crippen LogP contribution in [-0.2, 0) is 4.79 Å². The molecule has 0 unspecified atom stereocenters. The van der Waals surface area contributed by atoms with Gasteiger partial charge in [0.2, 0.25) is 0 Å². The van der Waals surface area contributed by atoms with Gasteiger partial charge in [-0.25, -0.2) is 0 Å². The van der Waals surface area contributed by atoms with Crippen LogP contribution in [0.5, 0.6) is 0 Å². The molecule has 0 aliphatic carbocycles. The molecule has 2 aromatic carbocycles. The lowest BCUT2D eigenvalue weighted by Crippen LogP contribution is -2.42. The lowest BCUT2D eigenvalue weighted by Gasteiger charge is -2.35. The van der Waals surface area contributed by atoms with Crippen LogP contribution in [0, 0.1) is 11.8 Å². The smallest absolute Gasteiger partial charge is 0.254 e. The van der Waals surface area contributed by atoms with Crippen LogP contribution in [0.4, 0.5) is 0 Å². The van der Waals surface area contributed by atoms with Crippen LogP contribution in [0.15, 0.2) is 60.7 Å². The zero-order valence-electron chi connectivity index (χ0n) is 14.5. The molecular formula is C22H25NO. The molecule has 1 saturated heterocycles. The Morgan fingerprint density at radius 3 is 2.04 bits per heavy atom. The summed E-state index contributed by atoms with van der Waals surface area (Å²) in [6.45, 7) is 6.17. The zero-order chi connectivity index (χ0) is 16.9. The number of hydrogen-bond acceptors (Lipinski definition) is 1. The molecule has 2 atom stereocenters. The second-order valence-electron chi connectivity index (χ2n) is 6.99. The normalized spacial score (nSPS) is 21.6. The fourth-order valence-corrected chi connectivity index (χ4v) is 3.60. The first-order valence-corrected chi connectivity index (χ1v) is 8.75. The summed E-state index contributed by atoms with van der Waals surface area (Å²) in [7, 11) is 0. The molecule has 0 bridgehead atoms. The molecule has 124 valence electrons. The third-order valence-electron chi connectivity index (χ3n) is 4.58. The summed E-state index contributed by atoms with van der Waals surface area (Å²) >= 11 is 0. The minimum Gasteiger partial charge on any atom is -0.338 e.